The molecule has 1 heterocycles. The van der Waals surface area contributed by atoms with Crippen molar-refractivity contribution in [2.45, 2.75) is 40.0 Å². The number of nitriles is 1. The van der Waals surface area contributed by atoms with Gasteiger partial charge in [0.25, 0.3) is 0 Å². The number of fused-ring (bicyclic) bond motifs is 1. The number of hydrogen-bond donors (Lipinski definition) is 0. The first-order valence-electron chi connectivity index (χ1n) is 8.75. The molecule has 0 bridgehead atoms. The lowest BCUT2D eigenvalue weighted by Crippen LogP contribution is -2.26. The maximum absolute atomic E-state index is 9.66. The van der Waals surface area contributed by atoms with Crippen LogP contribution in [0.1, 0.15) is 48.8 Å². The van der Waals surface area contributed by atoms with Gasteiger partial charge in [0.1, 0.15) is 16.8 Å². The Morgan fingerprint density at radius 3 is 2.77 bits per heavy atom. The van der Waals surface area contributed by atoms with Crippen molar-refractivity contribution >= 4 is 45.1 Å². The van der Waals surface area contributed by atoms with E-state index >= 15 is 0 Å². The third kappa shape index (κ3) is 3.96. The van der Waals surface area contributed by atoms with Gasteiger partial charge in [-0.15, -0.1) is 11.3 Å². The van der Waals surface area contributed by atoms with E-state index in [0.717, 1.165) is 44.7 Å². The molecular formula is C21H23IN2OS. The smallest absolute Gasteiger partial charge is 0.134 e. The van der Waals surface area contributed by atoms with Gasteiger partial charge in [-0.2, -0.15) is 5.26 Å². The van der Waals surface area contributed by atoms with Gasteiger partial charge in [0.05, 0.1) is 16.2 Å². The van der Waals surface area contributed by atoms with Crippen LogP contribution in [0.15, 0.2) is 23.2 Å². The van der Waals surface area contributed by atoms with Crippen LogP contribution in [0.25, 0.3) is 0 Å². The van der Waals surface area contributed by atoms with Crippen molar-refractivity contribution in [3.8, 4) is 11.8 Å². The Kier molecular flexibility index (Phi) is 5.73. The van der Waals surface area contributed by atoms with Gasteiger partial charge in [0, 0.05) is 11.1 Å². The van der Waals surface area contributed by atoms with Crippen molar-refractivity contribution in [1.82, 2.24) is 0 Å². The molecule has 0 radical (unpaired) electrons. The zero-order valence-electron chi connectivity index (χ0n) is 15.6. The molecule has 136 valence electrons. The van der Waals surface area contributed by atoms with Crippen molar-refractivity contribution in [3.63, 3.8) is 0 Å². The van der Waals surface area contributed by atoms with Crippen LogP contribution < -0.4 is 4.74 Å². The van der Waals surface area contributed by atoms with E-state index in [9.17, 15) is 5.26 Å². The molecular weight excluding hydrogens is 455 g/mol. The number of rotatable bonds is 3. The van der Waals surface area contributed by atoms with Crippen molar-refractivity contribution in [1.29, 1.82) is 5.26 Å². The second kappa shape index (κ2) is 7.69. The maximum atomic E-state index is 9.66. The van der Waals surface area contributed by atoms with Crippen LogP contribution in [-0.2, 0) is 12.8 Å². The number of nitrogens with zero attached hydrogens (tertiary/aromatic N) is 2. The highest BCUT2D eigenvalue weighted by atomic mass is 127. The Balaban J connectivity index is 1.89. The summed E-state index contributed by atoms with van der Waals surface area (Å²) in [7, 11) is 1.67. The summed E-state index contributed by atoms with van der Waals surface area (Å²) in [6, 6.07) is 8.37. The standard InChI is InChI=1S/C21H23IN2OS/c1-21(2,3)14-6-7-15-16(11-23)20(26-19(15)10-14)24-12-13-5-8-18(25-4)17(22)9-13/h5,8-9,12,14H,6-7,10H2,1-4H3/t14-/m1/s1. The normalized spacial score (nSPS) is 17.2. The van der Waals surface area contributed by atoms with E-state index in [1.54, 1.807) is 18.4 Å². The first-order valence-corrected chi connectivity index (χ1v) is 10.6. The summed E-state index contributed by atoms with van der Waals surface area (Å²) in [6.45, 7) is 6.93. The highest BCUT2D eigenvalue weighted by Gasteiger charge is 2.32. The fraction of sp³-hybridized carbons (Fsp3) is 0.429. The Labute approximate surface area is 173 Å². The second-order valence-corrected chi connectivity index (χ2v) is 10.00. The number of methoxy groups -OCH3 is 1. The summed E-state index contributed by atoms with van der Waals surface area (Å²) in [5.74, 6) is 1.53. The van der Waals surface area contributed by atoms with Gasteiger partial charge >= 0.3 is 0 Å². The monoisotopic (exact) mass is 478 g/mol. The van der Waals surface area contributed by atoms with Crippen LogP contribution in [0.3, 0.4) is 0 Å². The fourth-order valence-corrected chi connectivity index (χ4v) is 5.39. The summed E-state index contributed by atoms with van der Waals surface area (Å²) in [4.78, 5) is 6.01. The molecule has 0 amide bonds. The van der Waals surface area contributed by atoms with Gasteiger partial charge in [-0.3, -0.25) is 0 Å². The molecule has 0 N–H and O–H groups in total. The molecule has 1 aromatic carbocycles. The molecule has 0 fully saturated rings. The lowest BCUT2D eigenvalue weighted by Gasteiger charge is -2.33. The van der Waals surface area contributed by atoms with Crippen molar-refractivity contribution in [2.75, 3.05) is 7.11 Å². The molecule has 3 nitrogen and oxygen atoms in total. The summed E-state index contributed by atoms with van der Waals surface area (Å²) >= 11 is 3.95. The van der Waals surface area contributed by atoms with Gasteiger partial charge in [0.15, 0.2) is 0 Å². The van der Waals surface area contributed by atoms with Crippen LogP contribution in [0, 0.1) is 26.2 Å². The molecule has 1 aliphatic carbocycles. The van der Waals surface area contributed by atoms with Gasteiger partial charge in [-0.1, -0.05) is 20.8 Å². The van der Waals surface area contributed by atoms with Crippen LogP contribution in [0.2, 0.25) is 0 Å². The Morgan fingerprint density at radius 2 is 2.15 bits per heavy atom. The van der Waals surface area contributed by atoms with E-state index in [0.29, 0.717) is 11.3 Å². The number of ether oxygens (including phenoxy) is 1. The van der Waals surface area contributed by atoms with Gasteiger partial charge < -0.3 is 4.74 Å². The van der Waals surface area contributed by atoms with E-state index in [4.69, 9.17) is 4.74 Å². The maximum Gasteiger partial charge on any atom is 0.134 e. The predicted octanol–water partition coefficient (Wildman–Crippen LogP) is 6.13. The van der Waals surface area contributed by atoms with Gasteiger partial charge in [-0.05, 0) is 82.5 Å². The number of benzene rings is 1. The third-order valence-corrected chi connectivity index (χ3v) is 7.10. The van der Waals surface area contributed by atoms with Crippen molar-refractivity contribution in [2.24, 2.45) is 16.3 Å². The lowest BCUT2D eigenvalue weighted by molar-refractivity contribution is 0.218. The molecule has 1 atom stereocenters. The summed E-state index contributed by atoms with van der Waals surface area (Å²) < 4.78 is 6.35. The van der Waals surface area contributed by atoms with Crippen LogP contribution >= 0.6 is 33.9 Å². The molecule has 0 spiro atoms. The predicted molar refractivity (Wildman–Crippen MR) is 117 cm³/mol. The van der Waals surface area contributed by atoms with Gasteiger partial charge in [0.2, 0.25) is 0 Å². The van der Waals surface area contributed by atoms with E-state index in [-0.39, 0.29) is 0 Å². The number of thiophene rings is 1. The largest absolute Gasteiger partial charge is 0.496 e. The van der Waals surface area contributed by atoms with Gasteiger partial charge in [-0.25, -0.2) is 4.99 Å². The molecule has 3 rings (SSSR count). The Bertz CT molecular complexity index is 887. The van der Waals surface area contributed by atoms with Crippen molar-refractivity contribution in [3.05, 3.63) is 43.3 Å². The van der Waals surface area contributed by atoms with E-state index in [2.05, 4.69) is 54.4 Å². The lowest BCUT2D eigenvalue weighted by atomic mass is 9.72. The average molecular weight is 478 g/mol. The Morgan fingerprint density at radius 1 is 1.38 bits per heavy atom. The zero-order valence-corrected chi connectivity index (χ0v) is 18.6. The Hall–Kier alpha value is -1.39. The summed E-state index contributed by atoms with van der Waals surface area (Å²) in [5.41, 5.74) is 3.32. The van der Waals surface area contributed by atoms with E-state index in [1.807, 2.05) is 24.4 Å². The second-order valence-electron chi connectivity index (χ2n) is 7.75. The first kappa shape index (κ1) is 19.4. The van der Waals surface area contributed by atoms with Crippen molar-refractivity contribution < 1.29 is 4.74 Å². The van der Waals surface area contributed by atoms with Crippen LogP contribution in [-0.4, -0.2) is 13.3 Å². The summed E-state index contributed by atoms with van der Waals surface area (Å²) in [6.07, 6.45) is 5.06. The highest BCUT2D eigenvalue weighted by molar-refractivity contribution is 14.1. The van der Waals surface area contributed by atoms with Crippen LogP contribution in [0.5, 0.6) is 5.75 Å². The van der Waals surface area contributed by atoms with E-state index in [1.165, 1.54) is 10.4 Å². The molecule has 1 aromatic heterocycles. The summed E-state index contributed by atoms with van der Waals surface area (Å²) in [5, 5.41) is 10.5. The molecule has 5 heteroatoms. The topological polar surface area (TPSA) is 45.4 Å². The molecule has 0 aliphatic heterocycles. The molecule has 2 aromatic rings. The fourth-order valence-electron chi connectivity index (χ4n) is 3.41. The minimum Gasteiger partial charge on any atom is -0.496 e. The quantitative estimate of drug-likeness (QED) is 0.393. The molecule has 1 aliphatic rings. The molecule has 26 heavy (non-hydrogen) atoms. The average Bonchev–Trinajstić information content (AvgIpc) is 2.96. The first-order chi connectivity index (χ1) is 12.3. The third-order valence-electron chi connectivity index (χ3n) is 5.09. The minimum atomic E-state index is 0.303. The minimum absolute atomic E-state index is 0.303. The molecule has 0 saturated heterocycles. The highest BCUT2D eigenvalue weighted by Crippen LogP contribution is 2.44. The number of aliphatic imine (C=N–C) groups is 1. The number of hydrogen-bond acceptors (Lipinski definition) is 4. The molecule has 0 unspecified atom stereocenters. The zero-order chi connectivity index (χ0) is 18.9. The van der Waals surface area contributed by atoms with E-state index < -0.39 is 0 Å². The molecule has 0 saturated carbocycles. The SMILES string of the molecule is COc1ccc(C=Nc2sc3c(c2C#N)CC[C@@H](C(C)(C)C)C3)cc1I. The van der Waals surface area contributed by atoms with Crippen LogP contribution in [0.4, 0.5) is 5.00 Å². The number of halogens is 1.